The number of hydrogen-bond acceptors (Lipinski definition) is 4. The lowest BCUT2D eigenvalue weighted by Crippen LogP contribution is -2.26. The predicted molar refractivity (Wildman–Crippen MR) is 77.4 cm³/mol. The first kappa shape index (κ1) is 15.5. The molecule has 0 spiro atoms. The zero-order valence-corrected chi connectivity index (χ0v) is 12.5. The Morgan fingerprint density at radius 3 is 2.65 bits per heavy atom. The standard InChI is InChI=1S/C16H16F2N2O3/c1-9(10-4-6-12(7-5-10)22-16(17)18)19-15(21)13-8-14(23-20-13)11-2-3-11/h4-9,11,16H,2-3H2,1H3,(H,19,21). The van der Waals surface area contributed by atoms with E-state index in [2.05, 4.69) is 15.2 Å². The molecule has 1 heterocycles. The number of ether oxygens (including phenoxy) is 1. The van der Waals surface area contributed by atoms with Gasteiger partial charge in [0.1, 0.15) is 11.5 Å². The molecule has 0 saturated heterocycles. The highest BCUT2D eigenvalue weighted by atomic mass is 19.3. The summed E-state index contributed by atoms with van der Waals surface area (Å²) in [6, 6.07) is 7.49. The van der Waals surface area contributed by atoms with E-state index in [1.54, 1.807) is 25.1 Å². The molecular formula is C16H16F2N2O3. The summed E-state index contributed by atoms with van der Waals surface area (Å²) < 4.78 is 33.7. The average Bonchev–Trinajstić information content (AvgIpc) is 3.24. The predicted octanol–water partition coefficient (Wildman–Crippen LogP) is 3.64. The number of aromatic nitrogens is 1. The zero-order valence-electron chi connectivity index (χ0n) is 12.5. The second kappa shape index (κ2) is 6.36. The molecule has 0 aliphatic heterocycles. The van der Waals surface area contributed by atoms with Gasteiger partial charge >= 0.3 is 6.61 Å². The van der Waals surface area contributed by atoms with Crippen LogP contribution < -0.4 is 10.1 Å². The lowest BCUT2D eigenvalue weighted by Gasteiger charge is -2.14. The molecule has 5 nitrogen and oxygen atoms in total. The van der Waals surface area contributed by atoms with Crippen molar-refractivity contribution in [2.75, 3.05) is 0 Å². The van der Waals surface area contributed by atoms with Crippen molar-refractivity contribution in [2.24, 2.45) is 0 Å². The first-order valence-electron chi connectivity index (χ1n) is 7.35. The second-order valence-corrected chi connectivity index (χ2v) is 5.53. The lowest BCUT2D eigenvalue weighted by molar-refractivity contribution is -0.0498. The van der Waals surface area contributed by atoms with Crippen molar-refractivity contribution in [2.45, 2.75) is 38.3 Å². The monoisotopic (exact) mass is 322 g/mol. The average molecular weight is 322 g/mol. The SMILES string of the molecule is CC(NC(=O)c1cc(C2CC2)on1)c1ccc(OC(F)F)cc1. The van der Waals surface area contributed by atoms with E-state index < -0.39 is 6.61 Å². The molecule has 122 valence electrons. The molecule has 1 amide bonds. The molecule has 1 atom stereocenters. The molecule has 1 unspecified atom stereocenters. The summed E-state index contributed by atoms with van der Waals surface area (Å²) >= 11 is 0. The summed E-state index contributed by atoms with van der Waals surface area (Å²) in [6.45, 7) is -1.06. The molecule has 1 aromatic heterocycles. The Kier molecular flexibility index (Phi) is 4.27. The molecule has 1 N–H and O–H groups in total. The van der Waals surface area contributed by atoms with E-state index in [1.165, 1.54) is 12.1 Å². The van der Waals surface area contributed by atoms with Gasteiger partial charge in [-0.2, -0.15) is 8.78 Å². The van der Waals surface area contributed by atoms with Gasteiger partial charge in [0.25, 0.3) is 5.91 Å². The molecule has 1 saturated carbocycles. The number of nitrogens with zero attached hydrogens (tertiary/aromatic N) is 1. The largest absolute Gasteiger partial charge is 0.435 e. The van der Waals surface area contributed by atoms with Crippen molar-refractivity contribution >= 4 is 5.91 Å². The second-order valence-electron chi connectivity index (χ2n) is 5.53. The molecular weight excluding hydrogens is 306 g/mol. The molecule has 1 aromatic carbocycles. The third-order valence-electron chi connectivity index (χ3n) is 3.69. The molecule has 23 heavy (non-hydrogen) atoms. The van der Waals surface area contributed by atoms with E-state index >= 15 is 0 Å². The first-order valence-corrected chi connectivity index (χ1v) is 7.35. The Bertz CT molecular complexity index is 681. The van der Waals surface area contributed by atoms with Gasteiger partial charge in [0.05, 0.1) is 6.04 Å². The summed E-state index contributed by atoms with van der Waals surface area (Å²) in [4.78, 5) is 12.1. The number of alkyl halides is 2. The van der Waals surface area contributed by atoms with Gasteiger partial charge in [-0.15, -0.1) is 0 Å². The van der Waals surface area contributed by atoms with Crippen molar-refractivity contribution < 1.29 is 22.8 Å². The van der Waals surface area contributed by atoms with Gasteiger partial charge < -0.3 is 14.6 Å². The van der Waals surface area contributed by atoms with Crippen molar-refractivity contribution in [3.8, 4) is 5.75 Å². The van der Waals surface area contributed by atoms with Crippen LogP contribution in [0.1, 0.15) is 53.5 Å². The van der Waals surface area contributed by atoms with Crippen LogP contribution in [0.15, 0.2) is 34.9 Å². The third-order valence-corrected chi connectivity index (χ3v) is 3.69. The van der Waals surface area contributed by atoms with Gasteiger partial charge in [0.2, 0.25) is 0 Å². The van der Waals surface area contributed by atoms with Gasteiger partial charge in [0, 0.05) is 12.0 Å². The van der Waals surface area contributed by atoms with E-state index in [0.717, 1.165) is 24.2 Å². The van der Waals surface area contributed by atoms with Gasteiger partial charge in [0.15, 0.2) is 5.69 Å². The Morgan fingerprint density at radius 1 is 1.35 bits per heavy atom. The normalized spacial score (nSPS) is 15.5. The number of nitrogens with one attached hydrogen (secondary N) is 1. The maximum Gasteiger partial charge on any atom is 0.387 e. The summed E-state index contributed by atoms with van der Waals surface area (Å²) in [5.74, 6) is 0.883. The van der Waals surface area contributed by atoms with Gasteiger partial charge in [-0.25, -0.2) is 0 Å². The summed E-state index contributed by atoms with van der Waals surface area (Å²) in [5, 5.41) is 6.58. The van der Waals surface area contributed by atoms with E-state index in [0.29, 0.717) is 5.92 Å². The van der Waals surface area contributed by atoms with Gasteiger partial charge in [-0.1, -0.05) is 17.3 Å². The van der Waals surface area contributed by atoms with Crippen LogP contribution in [0.2, 0.25) is 0 Å². The number of carbonyl (C=O) groups excluding carboxylic acids is 1. The minimum absolute atomic E-state index is 0.0767. The maximum absolute atomic E-state index is 12.1. The van der Waals surface area contributed by atoms with E-state index in [1.807, 2.05) is 0 Å². The lowest BCUT2D eigenvalue weighted by atomic mass is 10.1. The zero-order chi connectivity index (χ0) is 16.4. The van der Waals surface area contributed by atoms with Crippen molar-refractivity contribution in [1.29, 1.82) is 0 Å². The minimum atomic E-state index is -2.86. The van der Waals surface area contributed by atoms with Crippen LogP contribution in [0, 0.1) is 0 Å². The van der Waals surface area contributed by atoms with Crippen molar-refractivity contribution in [3.63, 3.8) is 0 Å². The quantitative estimate of drug-likeness (QED) is 0.882. The Labute approximate surface area is 131 Å². The smallest absolute Gasteiger partial charge is 0.387 e. The number of hydrogen-bond donors (Lipinski definition) is 1. The van der Waals surface area contributed by atoms with Crippen LogP contribution in [0.4, 0.5) is 8.78 Å². The molecule has 0 bridgehead atoms. The topological polar surface area (TPSA) is 64.4 Å². The molecule has 1 fully saturated rings. The Balaban J connectivity index is 1.60. The highest BCUT2D eigenvalue weighted by Gasteiger charge is 2.29. The number of carbonyl (C=O) groups is 1. The molecule has 1 aliphatic carbocycles. The van der Waals surface area contributed by atoms with E-state index in [4.69, 9.17) is 4.52 Å². The first-order chi connectivity index (χ1) is 11.0. The van der Waals surface area contributed by atoms with Crippen LogP contribution in [0.5, 0.6) is 5.75 Å². The van der Waals surface area contributed by atoms with Crippen LogP contribution in [0.3, 0.4) is 0 Å². The third kappa shape index (κ3) is 3.85. The van der Waals surface area contributed by atoms with Crippen molar-refractivity contribution in [3.05, 3.63) is 47.3 Å². The van der Waals surface area contributed by atoms with E-state index in [9.17, 15) is 13.6 Å². The van der Waals surface area contributed by atoms with E-state index in [-0.39, 0.29) is 23.4 Å². The fraction of sp³-hybridized carbons (Fsp3) is 0.375. The molecule has 7 heteroatoms. The fourth-order valence-electron chi connectivity index (χ4n) is 2.25. The number of amides is 1. The highest BCUT2D eigenvalue weighted by molar-refractivity contribution is 5.92. The summed E-state index contributed by atoms with van der Waals surface area (Å²) in [7, 11) is 0. The van der Waals surface area contributed by atoms with Crippen LogP contribution in [-0.4, -0.2) is 17.7 Å². The molecule has 1 aliphatic rings. The Hall–Kier alpha value is -2.44. The summed E-state index contributed by atoms with van der Waals surface area (Å²) in [5.41, 5.74) is 1.02. The number of halogens is 2. The number of benzene rings is 1. The molecule has 3 rings (SSSR count). The van der Waals surface area contributed by atoms with Gasteiger partial charge in [-0.3, -0.25) is 4.79 Å². The Morgan fingerprint density at radius 2 is 2.04 bits per heavy atom. The minimum Gasteiger partial charge on any atom is -0.435 e. The van der Waals surface area contributed by atoms with Crippen LogP contribution in [0.25, 0.3) is 0 Å². The number of rotatable bonds is 6. The molecule has 0 radical (unpaired) electrons. The molecule has 2 aromatic rings. The highest BCUT2D eigenvalue weighted by Crippen LogP contribution is 2.40. The van der Waals surface area contributed by atoms with Crippen LogP contribution in [-0.2, 0) is 0 Å². The van der Waals surface area contributed by atoms with Crippen molar-refractivity contribution in [1.82, 2.24) is 10.5 Å². The summed E-state index contributed by atoms with van der Waals surface area (Å²) in [6.07, 6.45) is 2.14. The maximum atomic E-state index is 12.1. The van der Waals surface area contributed by atoms with Crippen LogP contribution >= 0.6 is 0 Å². The fourth-order valence-corrected chi connectivity index (χ4v) is 2.25. The van der Waals surface area contributed by atoms with Gasteiger partial charge in [-0.05, 0) is 37.5 Å².